The molecule has 0 atom stereocenters. The van der Waals surface area contributed by atoms with Crippen molar-refractivity contribution in [3.8, 4) is 0 Å². The minimum absolute atomic E-state index is 0.166. The van der Waals surface area contributed by atoms with Crippen LogP contribution in [-0.4, -0.2) is 11.9 Å². The number of anilines is 1. The largest absolute Gasteiger partial charge is 0.458 e. The molecule has 2 aromatic rings. The Morgan fingerprint density at radius 2 is 1.71 bits per heavy atom. The standard InChI is InChI=1S/C20H19NO3/c1-2-3-5-10-19(22)24-15-16-11-13-17(14-12-16)20(23)21-18-8-6-4-7-9-18/h2-14H,15H2,1H3,(H,21,23)/b3-2+,10-5+. The summed E-state index contributed by atoms with van der Waals surface area (Å²) in [4.78, 5) is 23.6. The first-order valence-corrected chi connectivity index (χ1v) is 7.60. The monoisotopic (exact) mass is 321 g/mol. The van der Waals surface area contributed by atoms with E-state index in [4.69, 9.17) is 4.74 Å². The molecular weight excluding hydrogens is 302 g/mol. The van der Waals surface area contributed by atoms with E-state index in [0.717, 1.165) is 11.3 Å². The van der Waals surface area contributed by atoms with Crippen LogP contribution in [-0.2, 0) is 16.1 Å². The Kier molecular flexibility index (Phi) is 6.53. The molecule has 4 heteroatoms. The fraction of sp³-hybridized carbons (Fsp3) is 0.100. The van der Waals surface area contributed by atoms with Crippen molar-refractivity contribution in [3.05, 3.63) is 90.0 Å². The maximum absolute atomic E-state index is 12.1. The molecule has 24 heavy (non-hydrogen) atoms. The van der Waals surface area contributed by atoms with Crippen molar-refractivity contribution < 1.29 is 14.3 Å². The van der Waals surface area contributed by atoms with Gasteiger partial charge in [-0.3, -0.25) is 4.79 Å². The maximum atomic E-state index is 12.1. The van der Waals surface area contributed by atoms with E-state index < -0.39 is 5.97 Å². The van der Waals surface area contributed by atoms with Gasteiger partial charge in [-0.2, -0.15) is 0 Å². The number of ether oxygens (including phenoxy) is 1. The van der Waals surface area contributed by atoms with Crippen molar-refractivity contribution in [1.29, 1.82) is 0 Å². The van der Waals surface area contributed by atoms with Crippen LogP contribution < -0.4 is 5.32 Å². The molecule has 2 aromatic carbocycles. The minimum atomic E-state index is -0.404. The zero-order valence-electron chi connectivity index (χ0n) is 13.4. The maximum Gasteiger partial charge on any atom is 0.331 e. The lowest BCUT2D eigenvalue weighted by molar-refractivity contribution is -0.139. The summed E-state index contributed by atoms with van der Waals surface area (Å²) in [6.45, 7) is 2.03. The van der Waals surface area contributed by atoms with Crippen LogP contribution in [0.25, 0.3) is 0 Å². The van der Waals surface area contributed by atoms with Crippen molar-refractivity contribution in [2.24, 2.45) is 0 Å². The van der Waals surface area contributed by atoms with Gasteiger partial charge in [-0.25, -0.2) is 4.79 Å². The van der Waals surface area contributed by atoms with Gasteiger partial charge in [0.1, 0.15) is 6.61 Å². The smallest absolute Gasteiger partial charge is 0.331 e. The van der Waals surface area contributed by atoms with E-state index >= 15 is 0 Å². The Labute approximate surface area is 141 Å². The highest BCUT2D eigenvalue weighted by Gasteiger charge is 2.06. The van der Waals surface area contributed by atoms with E-state index in [0.29, 0.717) is 5.56 Å². The van der Waals surface area contributed by atoms with Gasteiger partial charge in [-0.05, 0) is 36.8 Å². The number of hydrogen-bond donors (Lipinski definition) is 1. The molecule has 0 aliphatic carbocycles. The predicted octanol–water partition coefficient (Wildman–Crippen LogP) is 4.11. The summed E-state index contributed by atoms with van der Waals surface area (Å²) in [7, 11) is 0. The highest BCUT2D eigenvalue weighted by molar-refractivity contribution is 6.04. The first-order chi connectivity index (χ1) is 11.7. The number of rotatable bonds is 6. The quantitative estimate of drug-likeness (QED) is 0.495. The van der Waals surface area contributed by atoms with Crippen molar-refractivity contribution in [1.82, 2.24) is 0 Å². The lowest BCUT2D eigenvalue weighted by atomic mass is 10.1. The van der Waals surface area contributed by atoms with Crippen LogP contribution in [0, 0.1) is 0 Å². The molecule has 4 nitrogen and oxygen atoms in total. The average Bonchev–Trinajstić information content (AvgIpc) is 2.61. The van der Waals surface area contributed by atoms with Crippen molar-refractivity contribution in [2.75, 3.05) is 5.32 Å². The summed E-state index contributed by atoms with van der Waals surface area (Å²) < 4.78 is 5.11. The van der Waals surface area contributed by atoms with Crippen LogP contribution in [0.1, 0.15) is 22.8 Å². The minimum Gasteiger partial charge on any atom is -0.458 e. The molecule has 0 bridgehead atoms. The number of carbonyl (C=O) groups excluding carboxylic acids is 2. The lowest BCUT2D eigenvalue weighted by Gasteiger charge is -2.06. The predicted molar refractivity (Wildman–Crippen MR) is 94.6 cm³/mol. The molecule has 122 valence electrons. The summed E-state index contributed by atoms with van der Waals surface area (Å²) in [5.41, 5.74) is 2.11. The third kappa shape index (κ3) is 5.57. The summed E-state index contributed by atoms with van der Waals surface area (Å²) in [5.74, 6) is -0.585. The summed E-state index contributed by atoms with van der Waals surface area (Å²) in [6.07, 6.45) is 6.56. The van der Waals surface area contributed by atoms with Gasteiger partial charge in [-0.15, -0.1) is 0 Å². The van der Waals surface area contributed by atoms with Gasteiger partial charge in [-0.1, -0.05) is 48.6 Å². The molecular formula is C20H19NO3. The van der Waals surface area contributed by atoms with Crippen LogP contribution >= 0.6 is 0 Å². The second-order valence-corrected chi connectivity index (χ2v) is 5.01. The SMILES string of the molecule is C/C=C/C=C/C(=O)OCc1ccc(C(=O)Nc2ccccc2)cc1. The van der Waals surface area contributed by atoms with E-state index in [-0.39, 0.29) is 12.5 Å². The summed E-state index contributed by atoms with van der Waals surface area (Å²) in [5, 5.41) is 2.82. The molecule has 0 spiro atoms. The Balaban J connectivity index is 1.88. The average molecular weight is 321 g/mol. The number of nitrogens with one attached hydrogen (secondary N) is 1. The molecule has 0 radical (unpaired) electrons. The van der Waals surface area contributed by atoms with E-state index in [1.165, 1.54) is 6.08 Å². The number of benzene rings is 2. The van der Waals surface area contributed by atoms with Gasteiger partial charge in [0.2, 0.25) is 0 Å². The molecule has 0 aliphatic rings. The van der Waals surface area contributed by atoms with Gasteiger partial charge in [0.05, 0.1) is 0 Å². The van der Waals surface area contributed by atoms with Gasteiger partial charge in [0, 0.05) is 17.3 Å². The van der Waals surface area contributed by atoms with E-state index in [9.17, 15) is 9.59 Å². The molecule has 1 amide bonds. The van der Waals surface area contributed by atoms with Gasteiger partial charge in [0.25, 0.3) is 5.91 Å². The number of allylic oxidation sites excluding steroid dienone is 3. The van der Waals surface area contributed by atoms with E-state index in [2.05, 4.69) is 5.32 Å². The van der Waals surface area contributed by atoms with Gasteiger partial charge in [0.15, 0.2) is 0 Å². The molecule has 0 unspecified atom stereocenters. The Bertz CT molecular complexity index is 731. The summed E-state index contributed by atoms with van der Waals surface area (Å²) in [6, 6.07) is 16.2. The van der Waals surface area contributed by atoms with E-state index in [1.54, 1.807) is 36.4 Å². The topological polar surface area (TPSA) is 55.4 Å². The lowest BCUT2D eigenvalue weighted by Crippen LogP contribution is -2.11. The molecule has 0 aliphatic heterocycles. The van der Waals surface area contributed by atoms with Crippen molar-refractivity contribution in [3.63, 3.8) is 0 Å². The Hall–Kier alpha value is -3.14. The highest BCUT2D eigenvalue weighted by Crippen LogP contribution is 2.10. The van der Waals surface area contributed by atoms with Crippen molar-refractivity contribution in [2.45, 2.75) is 13.5 Å². The number of para-hydroxylation sites is 1. The highest BCUT2D eigenvalue weighted by atomic mass is 16.5. The normalized spacial score (nSPS) is 10.9. The van der Waals surface area contributed by atoms with Crippen LogP contribution in [0.4, 0.5) is 5.69 Å². The molecule has 0 aromatic heterocycles. The fourth-order valence-electron chi connectivity index (χ4n) is 1.92. The van der Waals surface area contributed by atoms with Crippen LogP contribution in [0.15, 0.2) is 78.9 Å². The van der Waals surface area contributed by atoms with E-state index in [1.807, 2.05) is 43.3 Å². The fourth-order valence-corrected chi connectivity index (χ4v) is 1.92. The number of esters is 1. The van der Waals surface area contributed by atoms with Gasteiger partial charge < -0.3 is 10.1 Å². The van der Waals surface area contributed by atoms with Crippen LogP contribution in [0.3, 0.4) is 0 Å². The summed E-state index contributed by atoms with van der Waals surface area (Å²) >= 11 is 0. The third-order valence-electron chi connectivity index (χ3n) is 3.16. The number of carbonyl (C=O) groups is 2. The number of hydrogen-bond acceptors (Lipinski definition) is 3. The third-order valence-corrected chi connectivity index (χ3v) is 3.16. The van der Waals surface area contributed by atoms with Gasteiger partial charge >= 0.3 is 5.97 Å². The van der Waals surface area contributed by atoms with Crippen molar-refractivity contribution >= 4 is 17.6 Å². The molecule has 2 rings (SSSR count). The van der Waals surface area contributed by atoms with Crippen LogP contribution in [0.5, 0.6) is 0 Å². The Morgan fingerprint density at radius 1 is 1.00 bits per heavy atom. The Morgan fingerprint density at radius 3 is 2.38 bits per heavy atom. The zero-order valence-corrected chi connectivity index (χ0v) is 13.4. The molecule has 1 N–H and O–H groups in total. The van der Waals surface area contributed by atoms with Crippen LogP contribution in [0.2, 0.25) is 0 Å². The molecule has 0 saturated heterocycles. The first kappa shape index (κ1) is 17.2. The molecule has 0 heterocycles. The number of amides is 1. The molecule has 0 fully saturated rings. The second kappa shape index (κ2) is 9.10. The molecule has 0 saturated carbocycles. The zero-order chi connectivity index (χ0) is 17.2. The second-order valence-electron chi connectivity index (χ2n) is 5.01. The first-order valence-electron chi connectivity index (χ1n) is 7.60.